The number of hydrogen-bond donors (Lipinski definition) is 0. The Hall–Kier alpha value is -0.210. The Bertz CT molecular complexity index is 444. The van der Waals surface area contributed by atoms with Crippen molar-refractivity contribution in [2.75, 3.05) is 7.11 Å². The van der Waals surface area contributed by atoms with Gasteiger partial charge in [0.25, 0.3) is 0 Å². The standard InChI is InChI=1S/C16H22BrClO/c1-16(2)9-5-4-6-13(16)15(17)12-10-11(18)7-8-14(12)19-3/h7-8,10,13,15H,4-6,9H2,1-3H3. The number of rotatable bonds is 3. The molecule has 1 fully saturated rings. The van der Waals surface area contributed by atoms with Crippen LogP contribution in [0.5, 0.6) is 5.75 Å². The highest BCUT2D eigenvalue weighted by molar-refractivity contribution is 9.09. The van der Waals surface area contributed by atoms with Gasteiger partial charge in [0.15, 0.2) is 0 Å². The first-order valence-electron chi connectivity index (χ1n) is 6.93. The van der Waals surface area contributed by atoms with Gasteiger partial charge in [0, 0.05) is 15.4 Å². The third-order valence-electron chi connectivity index (χ3n) is 4.43. The second-order valence-electron chi connectivity index (χ2n) is 6.13. The van der Waals surface area contributed by atoms with Crippen LogP contribution in [-0.2, 0) is 0 Å². The zero-order chi connectivity index (χ0) is 14.0. The number of ether oxygens (including phenoxy) is 1. The minimum Gasteiger partial charge on any atom is -0.496 e. The van der Waals surface area contributed by atoms with Crippen LogP contribution in [0.15, 0.2) is 18.2 Å². The Morgan fingerprint density at radius 1 is 1.37 bits per heavy atom. The molecule has 0 aliphatic heterocycles. The molecule has 1 aromatic carbocycles. The summed E-state index contributed by atoms with van der Waals surface area (Å²) in [4.78, 5) is 0.302. The van der Waals surface area contributed by atoms with Gasteiger partial charge in [0.05, 0.1) is 7.11 Å². The number of alkyl halides is 1. The van der Waals surface area contributed by atoms with Gasteiger partial charge >= 0.3 is 0 Å². The van der Waals surface area contributed by atoms with Crippen LogP contribution < -0.4 is 4.74 Å². The minimum absolute atomic E-state index is 0.302. The predicted molar refractivity (Wildman–Crippen MR) is 85.4 cm³/mol. The maximum atomic E-state index is 6.15. The van der Waals surface area contributed by atoms with Crippen LogP contribution in [0.1, 0.15) is 49.9 Å². The molecule has 19 heavy (non-hydrogen) atoms. The maximum absolute atomic E-state index is 6.15. The zero-order valence-corrected chi connectivity index (χ0v) is 14.2. The minimum atomic E-state index is 0.302. The van der Waals surface area contributed by atoms with Gasteiger partial charge < -0.3 is 4.74 Å². The van der Waals surface area contributed by atoms with E-state index in [0.29, 0.717) is 16.2 Å². The fraction of sp³-hybridized carbons (Fsp3) is 0.625. The van der Waals surface area contributed by atoms with Crippen molar-refractivity contribution in [1.82, 2.24) is 0 Å². The summed E-state index contributed by atoms with van der Waals surface area (Å²) in [6, 6.07) is 5.88. The summed E-state index contributed by atoms with van der Waals surface area (Å²) in [7, 11) is 1.72. The molecule has 1 aromatic rings. The molecular weight excluding hydrogens is 324 g/mol. The van der Waals surface area contributed by atoms with Gasteiger partial charge in [-0.15, -0.1) is 0 Å². The molecule has 2 rings (SSSR count). The molecule has 1 aliphatic rings. The first kappa shape index (κ1) is 15.2. The zero-order valence-electron chi connectivity index (χ0n) is 11.9. The van der Waals surface area contributed by atoms with Gasteiger partial charge in [-0.2, -0.15) is 0 Å². The van der Waals surface area contributed by atoms with Crippen molar-refractivity contribution in [1.29, 1.82) is 0 Å². The van der Waals surface area contributed by atoms with E-state index in [4.69, 9.17) is 16.3 Å². The average Bonchev–Trinajstić information content (AvgIpc) is 2.37. The van der Waals surface area contributed by atoms with E-state index in [2.05, 4.69) is 29.8 Å². The topological polar surface area (TPSA) is 9.23 Å². The molecule has 1 aliphatic carbocycles. The Morgan fingerprint density at radius 3 is 2.74 bits per heavy atom. The average molecular weight is 346 g/mol. The molecule has 0 aromatic heterocycles. The van der Waals surface area contributed by atoms with Crippen molar-refractivity contribution in [2.24, 2.45) is 11.3 Å². The largest absolute Gasteiger partial charge is 0.496 e. The van der Waals surface area contributed by atoms with Crippen LogP contribution in [-0.4, -0.2) is 7.11 Å². The molecule has 1 saturated carbocycles. The molecule has 3 heteroatoms. The van der Waals surface area contributed by atoms with Crippen LogP contribution in [0.2, 0.25) is 5.02 Å². The first-order valence-corrected chi connectivity index (χ1v) is 8.22. The van der Waals surface area contributed by atoms with Gasteiger partial charge in [-0.25, -0.2) is 0 Å². The van der Waals surface area contributed by atoms with Crippen LogP contribution in [0, 0.1) is 11.3 Å². The molecule has 0 saturated heterocycles. The summed E-state index contributed by atoms with van der Waals surface area (Å²) in [6.45, 7) is 4.75. The normalized spacial score (nSPS) is 23.9. The van der Waals surface area contributed by atoms with E-state index in [1.165, 1.54) is 31.2 Å². The van der Waals surface area contributed by atoms with Crippen LogP contribution in [0.3, 0.4) is 0 Å². The Morgan fingerprint density at radius 2 is 2.11 bits per heavy atom. The number of benzene rings is 1. The van der Waals surface area contributed by atoms with Crippen molar-refractivity contribution in [2.45, 2.75) is 44.4 Å². The Balaban J connectivity index is 2.32. The third-order valence-corrected chi connectivity index (χ3v) is 5.80. The molecule has 0 spiro atoms. The molecule has 106 valence electrons. The van der Waals surface area contributed by atoms with Gasteiger partial charge in [0.2, 0.25) is 0 Å². The van der Waals surface area contributed by atoms with Gasteiger partial charge in [-0.05, 0) is 42.4 Å². The maximum Gasteiger partial charge on any atom is 0.123 e. The van der Waals surface area contributed by atoms with Crippen LogP contribution in [0.25, 0.3) is 0 Å². The SMILES string of the molecule is COc1ccc(Cl)cc1C(Br)C1CCCCC1(C)C. The summed E-state index contributed by atoms with van der Waals surface area (Å²) in [5.74, 6) is 1.54. The van der Waals surface area contributed by atoms with Crippen LogP contribution >= 0.6 is 27.5 Å². The lowest BCUT2D eigenvalue weighted by molar-refractivity contribution is 0.136. The number of methoxy groups -OCH3 is 1. The van der Waals surface area contributed by atoms with E-state index in [1.807, 2.05) is 18.2 Å². The van der Waals surface area contributed by atoms with Crippen LogP contribution in [0.4, 0.5) is 0 Å². The summed E-state index contributed by atoms with van der Waals surface area (Å²) < 4.78 is 5.49. The second-order valence-corrected chi connectivity index (χ2v) is 7.55. The van der Waals surface area contributed by atoms with E-state index in [-0.39, 0.29) is 0 Å². The van der Waals surface area contributed by atoms with E-state index in [9.17, 15) is 0 Å². The van der Waals surface area contributed by atoms with Gasteiger partial charge in [-0.1, -0.05) is 54.2 Å². The molecule has 2 atom stereocenters. The summed E-state index contributed by atoms with van der Waals surface area (Å²) in [6.07, 6.45) is 5.22. The second kappa shape index (κ2) is 6.05. The summed E-state index contributed by atoms with van der Waals surface area (Å²) >= 11 is 10.1. The number of hydrogen-bond acceptors (Lipinski definition) is 1. The molecule has 1 nitrogen and oxygen atoms in total. The number of halogens is 2. The Labute approximate surface area is 129 Å². The first-order chi connectivity index (χ1) is 8.95. The van der Waals surface area contributed by atoms with Crippen molar-refractivity contribution >= 4 is 27.5 Å². The van der Waals surface area contributed by atoms with E-state index in [0.717, 1.165) is 10.8 Å². The third kappa shape index (κ3) is 3.28. The molecule has 0 amide bonds. The molecular formula is C16H22BrClO. The van der Waals surface area contributed by atoms with E-state index >= 15 is 0 Å². The molecule has 0 N–H and O–H groups in total. The van der Waals surface area contributed by atoms with Crippen molar-refractivity contribution < 1.29 is 4.74 Å². The molecule has 0 bridgehead atoms. The lowest BCUT2D eigenvalue weighted by Crippen LogP contribution is -2.30. The predicted octanol–water partition coefficient (Wildman–Crippen LogP) is 6.00. The summed E-state index contributed by atoms with van der Waals surface area (Å²) in [5.41, 5.74) is 1.54. The van der Waals surface area contributed by atoms with Gasteiger partial charge in [0.1, 0.15) is 5.75 Å². The molecule has 2 unspecified atom stereocenters. The fourth-order valence-corrected chi connectivity index (χ4v) is 4.72. The van der Waals surface area contributed by atoms with Crippen molar-refractivity contribution in [3.05, 3.63) is 28.8 Å². The highest BCUT2D eigenvalue weighted by Crippen LogP contribution is 2.51. The van der Waals surface area contributed by atoms with Crippen molar-refractivity contribution in [3.8, 4) is 5.75 Å². The fourth-order valence-electron chi connectivity index (χ4n) is 3.20. The summed E-state index contributed by atoms with van der Waals surface area (Å²) in [5, 5.41) is 0.772. The Kier molecular flexibility index (Phi) is 4.84. The smallest absolute Gasteiger partial charge is 0.123 e. The molecule has 0 radical (unpaired) electrons. The highest BCUT2D eigenvalue weighted by Gasteiger charge is 2.38. The quantitative estimate of drug-likeness (QED) is 0.610. The lowest BCUT2D eigenvalue weighted by atomic mass is 9.66. The lowest BCUT2D eigenvalue weighted by Gasteiger charge is -2.41. The van der Waals surface area contributed by atoms with E-state index < -0.39 is 0 Å². The van der Waals surface area contributed by atoms with E-state index in [1.54, 1.807) is 7.11 Å². The monoisotopic (exact) mass is 344 g/mol. The van der Waals surface area contributed by atoms with Crippen molar-refractivity contribution in [3.63, 3.8) is 0 Å². The highest BCUT2D eigenvalue weighted by atomic mass is 79.9. The molecule has 0 heterocycles. The van der Waals surface area contributed by atoms with Gasteiger partial charge in [-0.3, -0.25) is 0 Å².